The second-order valence-electron chi connectivity index (χ2n) is 9.59. The molecule has 8 nitrogen and oxygen atoms in total. The van der Waals surface area contributed by atoms with Crippen molar-refractivity contribution in [3.05, 3.63) is 46.9 Å². The number of hydrogen-bond acceptors (Lipinski definition) is 6. The van der Waals surface area contributed by atoms with E-state index in [1.54, 1.807) is 10.7 Å². The number of aliphatic carboxylic acids is 1. The highest BCUT2D eigenvalue weighted by atomic mass is 35.5. The van der Waals surface area contributed by atoms with E-state index in [4.69, 9.17) is 16.3 Å². The normalized spacial score (nSPS) is 13.8. The van der Waals surface area contributed by atoms with Crippen LogP contribution >= 0.6 is 11.6 Å². The Kier molecular flexibility index (Phi) is 8.55. The van der Waals surface area contributed by atoms with Crippen LogP contribution in [0.1, 0.15) is 37.1 Å². The van der Waals surface area contributed by atoms with E-state index in [1.807, 2.05) is 31.2 Å². The Balaban J connectivity index is 1.88. The first-order chi connectivity index (χ1) is 15.7. The van der Waals surface area contributed by atoms with E-state index >= 15 is 0 Å². The molecule has 3 rings (SSSR count). The molecule has 0 bridgehead atoms. The van der Waals surface area contributed by atoms with Gasteiger partial charge in [0.05, 0.1) is 11.4 Å². The summed E-state index contributed by atoms with van der Waals surface area (Å²) in [4.78, 5) is 16.6. The van der Waals surface area contributed by atoms with Crippen molar-refractivity contribution in [2.24, 2.45) is 5.92 Å². The van der Waals surface area contributed by atoms with Crippen molar-refractivity contribution in [2.45, 2.75) is 64.5 Å². The third kappa shape index (κ3) is 7.06. The van der Waals surface area contributed by atoms with E-state index in [-0.39, 0.29) is 6.73 Å². The van der Waals surface area contributed by atoms with E-state index in [0.29, 0.717) is 30.4 Å². The molecule has 10 heteroatoms. The molecule has 0 aliphatic heterocycles. The van der Waals surface area contributed by atoms with Gasteiger partial charge < -0.3 is 9.84 Å². The highest BCUT2D eigenvalue weighted by Gasteiger charge is 2.33. The van der Waals surface area contributed by atoms with Crippen LogP contribution in [0.5, 0.6) is 0 Å². The number of tetrazole rings is 1. The van der Waals surface area contributed by atoms with Crippen molar-refractivity contribution in [2.75, 3.05) is 6.61 Å². The molecule has 0 spiro atoms. The molecule has 3 aromatic rings. The average Bonchev–Trinajstić information content (AvgIpc) is 3.21. The summed E-state index contributed by atoms with van der Waals surface area (Å²) < 4.78 is 7.44. The molecule has 178 valence electrons. The van der Waals surface area contributed by atoms with Gasteiger partial charge in [0.15, 0.2) is 5.82 Å². The number of carbonyl (C=O) groups is 1. The number of carboxylic acids is 1. The minimum Gasteiger partial charge on any atom is -0.481 e. The van der Waals surface area contributed by atoms with Crippen molar-refractivity contribution in [3.8, 4) is 0 Å². The maximum Gasteiger partial charge on any atom is 0.307 e. The van der Waals surface area contributed by atoms with E-state index in [9.17, 15) is 9.90 Å². The number of pyridine rings is 1. The summed E-state index contributed by atoms with van der Waals surface area (Å²) in [5, 5.41) is 23.6. The predicted molar refractivity (Wildman–Crippen MR) is 131 cm³/mol. The van der Waals surface area contributed by atoms with Crippen LogP contribution in [0.3, 0.4) is 0 Å². The van der Waals surface area contributed by atoms with Crippen molar-refractivity contribution >= 4 is 36.5 Å². The van der Waals surface area contributed by atoms with Gasteiger partial charge in [0.2, 0.25) is 0 Å². The van der Waals surface area contributed by atoms with Crippen LogP contribution < -0.4 is 0 Å². The number of rotatable bonds is 12. The fraction of sp³-hybridized carbons (Fsp3) is 0.522. The van der Waals surface area contributed by atoms with Gasteiger partial charge in [-0.3, -0.25) is 4.79 Å². The SMILES string of the molecule is CCC[C@H](C(=O)O)[C@H](Cc1ccc2ccc(Cl)nc2c1)c1nnnn1COCC[Si](C)(C)C. The lowest BCUT2D eigenvalue weighted by atomic mass is 9.83. The molecule has 1 aromatic carbocycles. The first-order valence-electron chi connectivity index (χ1n) is 11.3. The van der Waals surface area contributed by atoms with Crippen LogP contribution in [0.25, 0.3) is 10.9 Å². The van der Waals surface area contributed by atoms with Crippen LogP contribution in [-0.4, -0.2) is 50.9 Å². The van der Waals surface area contributed by atoms with Gasteiger partial charge in [-0.25, -0.2) is 9.67 Å². The quantitative estimate of drug-likeness (QED) is 0.216. The van der Waals surface area contributed by atoms with E-state index in [1.165, 1.54) is 0 Å². The topological polar surface area (TPSA) is 103 Å². The van der Waals surface area contributed by atoms with Gasteiger partial charge in [0, 0.05) is 26.0 Å². The highest BCUT2D eigenvalue weighted by molar-refractivity contribution is 6.76. The fourth-order valence-corrected chi connectivity index (χ4v) is 4.75. The number of ether oxygens (including phenoxy) is 1. The summed E-state index contributed by atoms with van der Waals surface area (Å²) in [7, 11) is -1.21. The van der Waals surface area contributed by atoms with Gasteiger partial charge in [-0.05, 0) is 53.1 Å². The molecule has 33 heavy (non-hydrogen) atoms. The summed E-state index contributed by atoms with van der Waals surface area (Å²) in [6.45, 7) is 9.70. The average molecular weight is 490 g/mol. The van der Waals surface area contributed by atoms with E-state index < -0.39 is 25.9 Å². The van der Waals surface area contributed by atoms with Gasteiger partial charge >= 0.3 is 5.97 Å². The lowest BCUT2D eigenvalue weighted by Crippen LogP contribution is -2.27. The minimum absolute atomic E-state index is 0.205. The van der Waals surface area contributed by atoms with Crippen molar-refractivity contribution in [1.82, 2.24) is 25.2 Å². The molecule has 0 aliphatic rings. The van der Waals surface area contributed by atoms with Crippen molar-refractivity contribution in [1.29, 1.82) is 0 Å². The predicted octanol–water partition coefficient (Wildman–Crippen LogP) is 5.01. The summed E-state index contributed by atoms with van der Waals surface area (Å²) >= 11 is 6.07. The van der Waals surface area contributed by atoms with E-state index in [0.717, 1.165) is 28.9 Å². The molecule has 1 N–H and O–H groups in total. The highest BCUT2D eigenvalue weighted by Crippen LogP contribution is 2.32. The van der Waals surface area contributed by atoms with Crippen LogP contribution in [0.4, 0.5) is 0 Å². The minimum atomic E-state index is -1.21. The maximum atomic E-state index is 12.2. The first kappa shape index (κ1) is 25.3. The molecule has 0 fully saturated rings. The number of benzene rings is 1. The second kappa shape index (κ2) is 11.2. The van der Waals surface area contributed by atoms with Crippen LogP contribution in [-0.2, 0) is 22.7 Å². The molecule has 0 unspecified atom stereocenters. The monoisotopic (exact) mass is 489 g/mol. The summed E-state index contributed by atoms with van der Waals surface area (Å²) in [6.07, 6.45) is 1.74. The molecule has 0 amide bonds. The Morgan fingerprint density at radius 2 is 2.00 bits per heavy atom. The standard InChI is InChI=1S/C23H32ClN5O3Si/c1-5-6-18(23(30)31)19(13-16-7-8-17-9-10-21(24)25-20(17)14-16)22-26-27-28-29(22)15-32-11-12-33(2,3)4/h7-10,14,18-19H,5-6,11-13,15H2,1-4H3,(H,30,31)/t18-,19-/m0/s1. The summed E-state index contributed by atoms with van der Waals surface area (Å²) in [6, 6.07) is 10.6. The lowest BCUT2D eigenvalue weighted by Gasteiger charge is -2.23. The third-order valence-corrected chi connectivity index (χ3v) is 7.60. The number of carboxylic acid groups (broad SMARTS) is 1. The maximum absolute atomic E-state index is 12.2. The Bertz CT molecular complexity index is 1090. The molecule has 0 aliphatic carbocycles. The number of aromatic nitrogens is 5. The van der Waals surface area contributed by atoms with Gasteiger partial charge in [-0.15, -0.1) is 5.10 Å². The molecular formula is C23H32ClN5O3Si. The number of halogens is 1. The van der Waals surface area contributed by atoms with Crippen LogP contribution in [0.2, 0.25) is 30.8 Å². The Morgan fingerprint density at radius 1 is 1.24 bits per heavy atom. The van der Waals surface area contributed by atoms with Crippen LogP contribution in [0, 0.1) is 5.92 Å². The molecule has 0 saturated heterocycles. The Morgan fingerprint density at radius 3 is 2.70 bits per heavy atom. The molecule has 2 heterocycles. The Labute approximate surface area is 200 Å². The van der Waals surface area contributed by atoms with Crippen molar-refractivity contribution < 1.29 is 14.6 Å². The first-order valence-corrected chi connectivity index (χ1v) is 15.4. The number of fused-ring (bicyclic) bond motifs is 1. The molecular weight excluding hydrogens is 458 g/mol. The smallest absolute Gasteiger partial charge is 0.307 e. The molecule has 0 radical (unpaired) electrons. The Hall–Kier alpha value is -2.36. The largest absolute Gasteiger partial charge is 0.481 e. The zero-order chi connectivity index (χ0) is 24.0. The molecule has 2 aromatic heterocycles. The number of nitrogens with zero attached hydrogens (tertiary/aromatic N) is 5. The van der Waals surface area contributed by atoms with Gasteiger partial charge in [-0.1, -0.05) is 56.7 Å². The molecule has 0 saturated carbocycles. The van der Waals surface area contributed by atoms with Crippen molar-refractivity contribution in [3.63, 3.8) is 0 Å². The lowest BCUT2D eigenvalue weighted by molar-refractivity contribution is -0.143. The molecule has 2 atom stereocenters. The zero-order valence-electron chi connectivity index (χ0n) is 19.7. The van der Waals surface area contributed by atoms with Gasteiger partial charge in [-0.2, -0.15) is 0 Å². The second-order valence-corrected chi connectivity index (χ2v) is 15.6. The number of hydrogen-bond donors (Lipinski definition) is 1. The third-order valence-electron chi connectivity index (χ3n) is 5.68. The van der Waals surface area contributed by atoms with Gasteiger partial charge in [0.1, 0.15) is 11.9 Å². The van der Waals surface area contributed by atoms with E-state index in [2.05, 4.69) is 40.2 Å². The fourth-order valence-electron chi connectivity index (χ4n) is 3.84. The zero-order valence-corrected chi connectivity index (χ0v) is 21.4. The van der Waals surface area contributed by atoms with Crippen LogP contribution in [0.15, 0.2) is 30.3 Å². The summed E-state index contributed by atoms with van der Waals surface area (Å²) in [5.74, 6) is -1.35. The summed E-state index contributed by atoms with van der Waals surface area (Å²) in [5.41, 5.74) is 1.73. The van der Waals surface area contributed by atoms with Gasteiger partial charge in [0.25, 0.3) is 0 Å².